The molecule has 0 aromatic heterocycles. The van der Waals surface area contributed by atoms with Crippen molar-refractivity contribution in [3.05, 3.63) is 0 Å². The molecular formula is C18H37NOS. The summed E-state index contributed by atoms with van der Waals surface area (Å²) in [6.07, 6.45) is 15.9. The zero-order valence-electron chi connectivity index (χ0n) is 14.4. The lowest BCUT2D eigenvalue weighted by Crippen LogP contribution is -2.26. The van der Waals surface area contributed by atoms with Gasteiger partial charge in [-0.1, -0.05) is 78.1 Å². The molecule has 0 aliphatic rings. The highest BCUT2D eigenvalue weighted by molar-refractivity contribution is 7.99. The predicted molar refractivity (Wildman–Crippen MR) is 97.1 cm³/mol. The lowest BCUT2D eigenvalue weighted by molar-refractivity contribution is -0.118. The molecule has 3 heteroatoms. The fourth-order valence-corrected chi connectivity index (χ4v) is 3.23. The fourth-order valence-electron chi connectivity index (χ4n) is 2.30. The van der Waals surface area contributed by atoms with Crippen LogP contribution >= 0.6 is 11.8 Å². The van der Waals surface area contributed by atoms with E-state index in [0.717, 1.165) is 18.7 Å². The predicted octanol–water partition coefficient (Wildman–Crippen LogP) is 5.56. The molecule has 0 aliphatic carbocycles. The van der Waals surface area contributed by atoms with Crippen molar-refractivity contribution in [2.24, 2.45) is 0 Å². The highest BCUT2D eigenvalue weighted by Crippen LogP contribution is 2.10. The van der Waals surface area contributed by atoms with Crippen LogP contribution in [0.25, 0.3) is 0 Å². The lowest BCUT2D eigenvalue weighted by atomic mass is 10.1. The maximum Gasteiger partial charge on any atom is 0.229 e. The van der Waals surface area contributed by atoms with Crippen LogP contribution in [-0.4, -0.2) is 24.0 Å². The monoisotopic (exact) mass is 315 g/mol. The molecule has 0 aliphatic heterocycles. The summed E-state index contributed by atoms with van der Waals surface area (Å²) in [5.41, 5.74) is 0. The number of hydrogen-bond donors (Lipinski definition) is 1. The zero-order valence-corrected chi connectivity index (χ0v) is 15.2. The molecule has 0 aromatic rings. The van der Waals surface area contributed by atoms with Gasteiger partial charge in [0.1, 0.15) is 0 Å². The Morgan fingerprint density at radius 2 is 1.29 bits per heavy atom. The van der Waals surface area contributed by atoms with E-state index in [1.54, 1.807) is 11.8 Å². The van der Waals surface area contributed by atoms with E-state index in [-0.39, 0.29) is 5.91 Å². The summed E-state index contributed by atoms with van der Waals surface area (Å²) in [5, 5.41) is 3.03. The van der Waals surface area contributed by atoms with Crippen LogP contribution in [0.2, 0.25) is 0 Å². The number of amides is 1. The summed E-state index contributed by atoms with van der Waals surface area (Å²) < 4.78 is 0. The number of rotatable bonds is 16. The topological polar surface area (TPSA) is 29.1 Å². The van der Waals surface area contributed by atoms with Gasteiger partial charge in [0, 0.05) is 6.54 Å². The molecule has 0 saturated heterocycles. The molecule has 0 saturated carbocycles. The molecule has 0 aromatic carbocycles. The van der Waals surface area contributed by atoms with E-state index in [1.165, 1.54) is 70.6 Å². The van der Waals surface area contributed by atoms with Crippen molar-refractivity contribution in [2.45, 2.75) is 90.9 Å². The molecule has 0 rings (SSSR count). The molecule has 1 N–H and O–H groups in total. The van der Waals surface area contributed by atoms with Gasteiger partial charge in [0.15, 0.2) is 0 Å². The van der Waals surface area contributed by atoms with Gasteiger partial charge in [0.2, 0.25) is 5.91 Å². The normalized spacial score (nSPS) is 10.8. The van der Waals surface area contributed by atoms with Crippen LogP contribution in [0.1, 0.15) is 90.9 Å². The van der Waals surface area contributed by atoms with Gasteiger partial charge in [-0.2, -0.15) is 11.8 Å². The third kappa shape index (κ3) is 17.8. The molecular weight excluding hydrogens is 278 g/mol. The van der Waals surface area contributed by atoms with Gasteiger partial charge in [0.05, 0.1) is 5.75 Å². The Morgan fingerprint density at radius 1 is 0.762 bits per heavy atom. The van der Waals surface area contributed by atoms with Crippen LogP contribution in [0.15, 0.2) is 0 Å². The Morgan fingerprint density at radius 3 is 1.86 bits per heavy atom. The van der Waals surface area contributed by atoms with Crippen molar-refractivity contribution >= 4 is 17.7 Å². The average Bonchev–Trinajstić information content (AvgIpc) is 2.49. The van der Waals surface area contributed by atoms with Crippen LogP contribution in [0.3, 0.4) is 0 Å². The van der Waals surface area contributed by atoms with E-state index in [4.69, 9.17) is 0 Å². The van der Waals surface area contributed by atoms with Crippen molar-refractivity contribution in [1.29, 1.82) is 0 Å². The molecule has 0 radical (unpaired) electrons. The minimum Gasteiger partial charge on any atom is -0.355 e. The number of carbonyl (C=O) groups excluding carboxylic acids is 1. The Kier molecular flexibility index (Phi) is 17.7. The van der Waals surface area contributed by atoms with Crippen LogP contribution < -0.4 is 5.32 Å². The third-order valence-corrected chi connectivity index (χ3v) is 4.77. The first-order chi connectivity index (χ1) is 10.3. The fraction of sp³-hybridized carbons (Fsp3) is 0.944. The minimum absolute atomic E-state index is 0.215. The summed E-state index contributed by atoms with van der Waals surface area (Å²) in [6.45, 7) is 5.32. The highest BCUT2D eigenvalue weighted by Gasteiger charge is 2.00. The molecule has 2 nitrogen and oxygen atoms in total. The maximum absolute atomic E-state index is 11.5. The van der Waals surface area contributed by atoms with E-state index in [9.17, 15) is 4.79 Å². The van der Waals surface area contributed by atoms with Gasteiger partial charge in [-0.3, -0.25) is 4.79 Å². The summed E-state index contributed by atoms with van der Waals surface area (Å²) in [6, 6.07) is 0. The second-order valence-electron chi connectivity index (χ2n) is 5.94. The molecule has 0 bridgehead atoms. The molecule has 0 fully saturated rings. The van der Waals surface area contributed by atoms with Crippen LogP contribution in [0.5, 0.6) is 0 Å². The van der Waals surface area contributed by atoms with E-state index in [0.29, 0.717) is 5.75 Å². The Balaban J connectivity index is 3.09. The first-order valence-corrected chi connectivity index (χ1v) is 10.3. The lowest BCUT2D eigenvalue weighted by Gasteiger charge is -2.05. The quantitative estimate of drug-likeness (QED) is 0.378. The highest BCUT2D eigenvalue weighted by atomic mass is 32.2. The van der Waals surface area contributed by atoms with Crippen LogP contribution in [-0.2, 0) is 4.79 Å². The first kappa shape index (κ1) is 20.8. The summed E-state index contributed by atoms with van der Waals surface area (Å²) >= 11 is 1.76. The number of hydrogen-bond acceptors (Lipinski definition) is 2. The van der Waals surface area contributed by atoms with E-state index >= 15 is 0 Å². The van der Waals surface area contributed by atoms with Crippen LogP contribution in [0.4, 0.5) is 0 Å². The summed E-state index contributed by atoms with van der Waals surface area (Å²) in [5.74, 6) is 1.96. The third-order valence-electron chi connectivity index (χ3n) is 3.73. The molecule has 0 heterocycles. The Hall–Kier alpha value is -0.180. The SMILES string of the molecule is CCCCCCCCCCCCNC(=O)CSCCCC. The minimum atomic E-state index is 0.215. The van der Waals surface area contributed by atoms with Gasteiger partial charge >= 0.3 is 0 Å². The largest absolute Gasteiger partial charge is 0.355 e. The number of nitrogens with one attached hydrogen (secondary N) is 1. The number of unbranched alkanes of at least 4 members (excludes halogenated alkanes) is 10. The summed E-state index contributed by atoms with van der Waals surface area (Å²) in [7, 11) is 0. The summed E-state index contributed by atoms with van der Waals surface area (Å²) in [4.78, 5) is 11.5. The van der Waals surface area contributed by atoms with Crippen molar-refractivity contribution < 1.29 is 4.79 Å². The molecule has 21 heavy (non-hydrogen) atoms. The van der Waals surface area contributed by atoms with Gasteiger partial charge in [-0.25, -0.2) is 0 Å². The maximum atomic E-state index is 11.5. The Bertz CT molecular complexity index is 221. The first-order valence-electron chi connectivity index (χ1n) is 9.15. The second-order valence-corrected chi connectivity index (χ2v) is 7.04. The van der Waals surface area contributed by atoms with Crippen molar-refractivity contribution in [2.75, 3.05) is 18.1 Å². The second kappa shape index (κ2) is 17.9. The molecule has 0 spiro atoms. The van der Waals surface area contributed by atoms with Gasteiger partial charge in [-0.15, -0.1) is 0 Å². The van der Waals surface area contributed by atoms with E-state index < -0.39 is 0 Å². The molecule has 0 unspecified atom stereocenters. The smallest absolute Gasteiger partial charge is 0.229 e. The zero-order chi connectivity index (χ0) is 15.6. The average molecular weight is 316 g/mol. The van der Waals surface area contributed by atoms with Crippen molar-refractivity contribution in [3.63, 3.8) is 0 Å². The number of carbonyl (C=O) groups is 1. The van der Waals surface area contributed by atoms with Gasteiger partial charge < -0.3 is 5.32 Å². The Labute approximate surface area is 137 Å². The van der Waals surface area contributed by atoms with E-state index in [1.807, 2.05) is 0 Å². The van der Waals surface area contributed by atoms with Gasteiger partial charge in [0.25, 0.3) is 0 Å². The molecule has 1 amide bonds. The molecule has 126 valence electrons. The van der Waals surface area contributed by atoms with Gasteiger partial charge in [-0.05, 0) is 18.6 Å². The molecule has 0 atom stereocenters. The van der Waals surface area contributed by atoms with Crippen molar-refractivity contribution in [3.8, 4) is 0 Å². The standard InChI is InChI=1S/C18H37NOS/c1-3-5-7-8-9-10-11-12-13-14-15-19-18(20)17-21-16-6-4-2/h3-17H2,1-2H3,(H,19,20). The van der Waals surface area contributed by atoms with E-state index in [2.05, 4.69) is 19.2 Å². The van der Waals surface area contributed by atoms with Crippen molar-refractivity contribution in [1.82, 2.24) is 5.32 Å². The number of thioether (sulfide) groups is 1. The van der Waals surface area contributed by atoms with Crippen LogP contribution in [0, 0.1) is 0 Å².